The smallest absolute Gasteiger partial charge is 0.0955 e. The quantitative estimate of drug-likeness (QED) is 0.721. The molecule has 92 valence electrons. The van der Waals surface area contributed by atoms with E-state index in [0.29, 0.717) is 0 Å². The SMILES string of the molecule is C=CC(O)C=C.CC=C(C)C(O)C(C)=CC. The fraction of sp³-hybridized carbons (Fsp3) is 0.429. The maximum Gasteiger partial charge on any atom is 0.0955 e. The molecule has 0 spiro atoms. The Kier molecular flexibility index (Phi) is 11.2. The number of rotatable bonds is 4. The van der Waals surface area contributed by atoms with Crippen LogP contribution in [0.3, 0.4) is 0 Å². The number of hydrogen-bond acceptors (Lipinski definition) is 2. The second kappa shape index (κ2) is 10.4. The standard InChI is InChI=1S/C9H16O.C5H8O/c1-5-7(3)9(10)8(4)6-2;1-3-5(6)4-2/h5-6,9-10H,1-4H3;3-6H,1-2H2. The van der Waals surface area contributed by atoms with Crippen LogP contribution in [0.25, 0.3) is 0 Å². The summed E-state index contributed by atoms with van der Waals surface area (Å²) in [5.74, 6) is 0. The van der Waals surface area contributed by atoms with E-state index < -0.39 is 6.10 Å². The molecule has 0 aromatic heterocycles. The van der Waals surface area contributed by atoms with Crippen LogP contribution in [0.1, 0.15) is 27.7 Å². The van der Waals surface area contributed by atoms with E-state index in [4.69, 9.17) is 5.11 Å². The lowest BCUT2D eigenvalue weighted by molar-refractivity contribution is 0.246. The van der Waals surface area contributed by atoms with E-state index in [1.807, 2.05) is 39.8 Å². The van der Waals surface area contributed by atoms with Gasteiger partial charge in [-0.3, -0.25) is 0 Å². The molecule has 0 amide bonds. The van der Waals surface area contributed by atoms with Crippen molar-refractivity contribution in [2.24, 2.45) is 0 Å². The highest BCUT2D eigenvalue weighted by Crippen LogP contribution is 2.09. The highest BCUT2D eigenvalue weighted by molar-refractivity contribution is 5.18. The van der Waals surface area contributed by atoms with E-state index in [9.17, 15) is 5.11 Å². The second-order valence-electron chi connectivity index (χ2n) is 3.43. The minimum absolute atomic E-state index is 0.380. The van der Waals surface area contributed by atoms with Gasteiger partial charge in [0.25, 0.3) is 0 Å². The highest BCUT2D eigenvalue weighted by Gasteiger charge is 2.05. The molecule has 0 radical (unpaired) electrons. The van der Waals surface area contributed by atoms with Crippen LogP contribution in [-0.4, -0.2) is 22.4 Å². The van der Waals surface area contributed by atoms with Gasteiger partial charge < -0.3 is 10.2 Å². The molecule has 0 heterocycles. The molecule has 2 N–H and O–H groups in total. The maximum absolute atomic E-state index is 9.45. The second-order valence-corrected chi connectivity index (χ2v) is 3.43. The Morgan fingerprint density at radius 2 is 1.25 bits per heavy atom. The molecule has 16 heavy (non-hydrogen) atoms. The molecule has 0 aliphatic carbocycles. The van der Waals surface area contributed by atoms with Gasteiger partial charge in [-0.25, -0.2) is 0 Å². The summed E-state index contributed by atoms with van der Waals surface area (Å²) >= 11 is 0. The predicted molar refractivity (Wildman–Crippen MR) is 71.3 cm³/mol. The fourth-order valence-electron chi connectivity index (χ4n) is 0.771. The zero-order valence-corrected chi connectivity index (χ0v) is 10.8. The first-order valence-corrected chi connectivity index (χ1v) is 5.31. The molecular weight excluding hydrogens is 200 g/mol. The van der Waals surface area contributed by atoms with E-state index in [2.05, 4.69) is 13.2 Å². The average Bonchev–Trinajstić information content (AvgIpc) is 2.35. The van der Waals surface area contributed by atoms with Crippen LogP contribution in [-0.2, 0) is 0 Å². The van der Waals surface area contributed by atoms with E-state index in [1.165, 1.54) is 12.2 Å². The Hall–Kier alpha value is -1.12. The Bertz CT molecular complexity index is 236. The summed E-state index contributed by atoms with van der Waals surface area (Å²) < 4.78 is 0. The van der Waals surface area contributed by atoms with Gasteiger partial charge in [-0.15, -0.1) is 13.2 Å². The zero-order valence-electron chi connectivity index (χ0n) is 10.8. The Labute approximate surface area is 99.3 Å². The van der Waals surface area contributed by atoms with Crippen LogP contribution in [0.4, 0.5) is 0 Å². The zero-order chi connectivity index (χ0) is 13.1. The molecular formula is C14H24O2. The monoisotopic (exact) mass is 224 g/mol. The molecule has 0 atom stereocenters. The minimum atomic E-state index is -0.537. The minimum Gasteiger partial charge on any atom is -0.385 e. The molecule has 0 fully saturated rings. The van der Waals surface area contributed by atoms with Gasteiger partial charge in [-0.2, -0.15) is 0 Å². The molecule has 0 unspecified atom stereocenters. The Morgan fingerprint density at radius 1 is 0.938 bits per heavy atom. The summed E-state index contributed by atoms with van der Waals surface area (Å²) in [5, 5.41) is 17.9. The number of aliphatic hydroxyl groups excluding tert-OH is 2. The highest BCUT2D eigenvalue weighted by atomic mass is 16.3. The average molecular weight is 224 g/mol. The van der Waals surface area contributed by atoms with Crippen molar-refractivity contribution in [3.8, 4) is 0 Å². The third-order valence-electron chi connectivity index (χ3n) is 2.26. The van der Waals surface area contributed by atoms with Crippen LogP contribution in [0.2, 0.25) is 0 Å². The van der Waals surface area contributed by atoms with Crippen LogP contribution in [0, 0.1) is 0 Å². The number of aliphatic hydroxyl groups is 2. The lowest BCUT2D eigenvalue weighted by Gasteiger charge is -2.10. The molecule has 2 heteroatoms. The van der Waals surface area contributed by atoms with Gasteiger partial charge in [0.05, 0.1) is 12.2 Å². The van der Waals surface area contributed by atoms with Crippen molar-refractivity contribution in [3.63, 3.8) is 0 Å². The first-order valence-electron chi connectivity index (χ1n) is 5.31. The topological polar surface area (TPSA) is 40.5 Å². The van der Waals surface area contributed by atoms with Crippen LogP contribution in [0.5, 0.6) is 0 Å². The third-order valence-corrected chi connectivity index (χ3v) is 2.26. The van der Waals surface area contributed by atoms with Crippen molar-refractivity contribution in [1.29, 1.82) is 0 Å². The molecule has 2 nitrogen and oxygen atoms in total. The molecule has 0 saturated carbocycles. The van der Waals surface area contributed by atoms with Crippen LogP contribution < -0.4 is 0 Å². The normalized spacial score (nSPS) is 13.9. The van der Waals surface area contributed by atoms with Gasteiger partial charge in [0.15, 0.2) is 0 Å². The van der Waals surface area contributed by atoms with Gasteiger partial charge in [0.2, 0.25) is 0 Å². The van der Waals surface area contributed by atoms with Gasteiger partial charge in [0, 0.05) is 0 Å². The third kappa shape index (κ3) is 8.21. The summed E-state index contributed by atoms with van der Waals surface area (Å²) in [6.07, 6.45) is 5.76. The van der Waals surface area contributed by atoms with Gasteiger partial charge >= 0.3 is 0 Å². The van der Waals surface area contributed by atoms with E-state index in [0.717, 1.165) is 11.1 Å². The lowest BCUT2D eigenvalue weighted by Crippen LogP contribution is -2.08. The van der Waals surface area contributed by atoms with Crippen molar-refractivity contribution >= 4 is 0 Å². The number of hydrogen-bond donors (Lipinski definition) is 2. The summed E-state index contributed by atoms with van der Waals surface area (Å²) in [6, 6.07) is 0. The lowest BCUT2D eigenvalue weighted by atomic mass is 10.0. The fourth-order valence-corrected chi connectivity index (χ4v) is 0.771. The van der Waals surface area contributed by atoms with Gasteiger partial charge in [-0.05, 0) is 38.8 Å². The van der Waals surface area contributed by atoms with E-state index in [-0.39, 0.29) is 6.10 Å². The van der Waals surface area contributed by atoms with Crippen molar-refractivity contribution in [2.45, 2.75) is 39.9 Å². The van der Waals surface area contributed by atoms with Gasteiger partial charge in [-0.1, -0.05) is 24.3 Å². The molecule has 0 saturated heterocycles. The maximum atomic E-state index is 9.45. The molecule has 0 aliphatic heterocycles. The Balaban J connectivity index is 0. The molecule has 0 aliphatic rings. The van der Waals surface area contributed by atoms with E-state index >= 15 is 0 Å². The van der Waals surface area contributed by atoms with Crippen molar-refractivity contribution < 1.29 is 10.2 Å². The molecule has 0 rings (SSSR count). The Morgan fingerprint density at radius 3 is 1.38 bits per heavy atom. The van der Waals surface area contributed by atoms with Crippen LogP contribution in [0.15, 0.2) is 48.6 Å². The van der Waals surface area contributed by atoms with Crippen LogP contribution >= 0.6 is 0 Å². The van der Waals surface area contributed by atoms with Crippen molar-refractivity contribution in [2.75, 3.05) is 0 Å². The summed E-state index contributed by atoms with van der Waals surface area (Å²) in [5.41, 5.74) is 2.02. The molecule has 0 bridgehead atoms. The van der Waals surface area contributed by atoms with Gasteiger partial charge in [0.1, 0.15) is 0 Å². The summed E-state index contributed by atoms with van der Waals surface area (Å²) in [4.78, 5) is 0. The largest absolute Gasteiger partial charge is 0.385 e. The van der Waals surface area contributed by atoms with E-state index in [1.54, 1.807) is 0 Å². The van der Waals surface area contributed by atoms with Crippen molar-refractivity contribution in [1.82, 2.24) is 0 Å². The predicted octanol–water partition coefficient (Wildman–Crippen LogP) is 3.00. The molecule has 0 aromatic carbocycles. The first kappa shape index (κ1) is 17.3. The summed E-state index contributed by atoms with van der Waals surface area (Å²) in [6.45, 7) is 14.3. The number of allylic oxidation sites excluding steroid dienone is 2. The van der Waals surface area contributed by atoms with Crippen molar-refractivity contribution in [3.05, 3.63) is 48.6 Å². The first-order chi connectivity index (χ1) is 7.44. The molecule has 0 aromatic rings. The summed E-state index contributed by atoms with van der Waals surface area (Å²) in [7, 11) is 0.